The third-order valence-corrected chi connectivity index (χ3v) is 2.72. The third-order valence-electron chi connectivity index (χ3n) is 2.72. The van der Waals surface area contributed by atoms with Crippen molar-refractivity contribution in [2.24, 2.45) is 0 Å². The van der Waals surface area contributed by atoms with Gasteiger partial charge in [0, 0.05) is 25.4 Å². The first-order valence-corrected chi connectivity index (χ1v) is 5.95. The number of nitrogens with zero attached hydrogens (tertiary/aromatic N) is 4. The molecule has 6 heteroatoms. The average Bonchev–Trinajstić information content (AvgIpc) is 2.93. The number of imidazole rings is 1. The van der Waals surface area contributed by atoms with Crippen LogP contribution >= 0.6 is 0 Å². The summed E-state index contributed by atoms with van der Waals surface area (Å²) in [5.41, 5.74) is 0.910. The van der Waals surface area contributed by atoms with Crippen LogP contribution in [-0.2, 0) is 11.3 Å². The zero-order valence-corrected chi connectivity index (χ0v) is 10.6. The SMILES string of the molecule is N#Cc1ccccc1NC(=O)CCn1ccnc1C#N. The highest BCUT2D eigenvalue weighted by atomic mass is 16.1. The molecule has 0 radical (unpaired) electrons. The lowest BCUT2D eigenvalue weighted by Gasteiger charge is -2.07. The largest absolute Gasteiger partial charge is 0.325 e. The first-order valence-electron chi connectivity index (χ1n) is 5.95. The van der Waals surface area contributed by atoms with Gasteiger partial charge in [-0.25, -0.2) is 4.98 Å². The number of para-hydroxylation sites is 1. The van der Waals surface area contributed by atoms with Gasteiger partial charge in [0.2, 0.25) is 11.7 Å². The van der Waals surface area contributed by atoms with E-state index >= 15 is 0 Å². The van der Waals surface area contributed by atoms with E-state index in [1.165, 1.54) is 6.20 Å². The molecule has 0 unspecified atom stereocenters. The Balaban J connectivity index is 1.97. The summed E-state index contributed by atoms with van der Waals surface area (Å²) >= 11 is 0. The van der Waals surface area contributed by atoms with Gasteiger partial charge in [-0.05, 0) is 12.1 Å². The van der Waals surface area contributed by atoms with E-state index < -0.39 is 0 Å². The smallest absolute Gasteiger partial charge is 0.226 e. The fourth-order valence-corrected chi connectivity index (χ4v) is 1.73. The second kappa shape index (κ2) is 6.17. The van der Waals surface area contributed by atoms with Crippen LogP contribution < -0.4 is 5.32 Å². The third kappa shape index (κ3) is 3.01. The first-order chi connectivity index (χ1) is 9.74. The van der Waals surface area contributed by atoms with Crippen LogP contribution in [0.5, 0.6) is 0 Å². The zero-order chi connectivity index (χ0) is 14.4. The number of carbonyl (C=O) groups is 1. The summed E-state index contributed by atoms with van der Waals surface area (Å²) in [7, 11) is 0. The van der Waals surface area contributed by atoms with E-state index in [2.05, 4.69) is 10.3 Å². The molecule has 1 amide bonds. The second-order valence-electron chi connectivity index (χ2n) is 4.01. The van der Waals surface area contributed by atoms with Crippen LogP contribution in [0.3, 0.4) is 0 Å². The van der Waals surface area contributed by atoms with Gasteiger partial charge in [0.25, 0.3) is 0 Å². The minimum Gasteiger partial charge on any atom is -0.325 e. The van der Waals surface area contributed by atoms with Crippen molar-refractivity contribution < 1.29 is 4.79 Å². The molecule has 0 spiro atoms. The van der Waals surface area contributed by atoms with E-state index in [0.29, 0.717) is 17.8 Å². The molecule has 2 aromatic rings. The molecular formula is C14H11N5O. The number of benzene rings is 1. The van der Waals surface area contributed by atoms with Gasteiger partial charge >= 0.3 is 0 Å². The van der Waals surface area contributed by atoms with E-state index in [-0.39, 0.29) is 18.2 Å². The Morgan fingerprint density at radius 1 is 1.30 bits per heavy atom. The summed E-state index contributed by atoms with van der Waals surface area (Å²) in [5.74, 6) is 0.0560. The molecule has 0 saturated carbocycles. The van der Waals surface area contributed by atoms with Crippen LogP contribution in [0.2, 0.25) is 0 Å². The average molecular weight is 265 g/mol. The number of hydrogen-bond donors (Lipinski definition) is 1. The van der Waals surface area contributed by atoms with Crippen LogP contribution in [0.25, 0.3) is 0 Å². The summed E-state index contributed by atoms with van der Waals surface area (Å²) in [6, 6.07) is 10.8. The molecule has 2 rings (SSSR count). The molecule has 0 aliphatic carbocycles. The molecule has 1 N–H and O–H groups in total. The molecule has 1 aromatic heterocycles. The van der Waals surface area contributed by atoms with E-state index in [0.717, 1.165) is 0 Å². The van der Waals surface area contributed by atoms with Gasteiger partial charge in [0.1, 0.15) is 12.1 Å². The Hall–Kier alpha value is -3.12. The van der Waals surface area contributed by atoms with Gasteiger partial charge in [0.15, 0.2) is 0 Å². The molecular weight excluding hydrogens is 254 g/mol. The highest BCUT2D eigenvalue weighted by molar-refractivity contribution is 5.92. The van der Waals surface area contributed by atoms with Crippen molar-refractivity contribution in [2.75, 3.05) is 5.32 Å². The summed E-state index contributed by atoms with van der Waals surface area (Å²) in [6.45, 7) is 0.365. The number of hydrogen-bond acceptors (Lipinski definition) is 4. The van der Waals surface area contributed by atoms with Crippen LogP contribution in [0, 0.1) is 22.7 Å². The van der Waals surface area contributed by atoms with Gasteiger partial charge in [-0.1, -0.05) is 12.1 Å². The standard InChI is InChI=1S/C14H11N5O/c15-9-11-3-1-2-4-12(11)18-14(20)5-7-19-8-6-17-13(19)10-16/h1-4,6,8H,5,7H2,(H,18,20). The zero-order valence-electron chi connectivity index (χ0n) is 10.6. The van der Waals surface area contributed by atoms with Gasteiger partial charge in [-0.2, -0.15) is 10.5 Å². The molecule has 0 aliphatic rings. The highest BCUT2D eigenvalue weighted by Gasteiger charge is 2.08. The number of nitriles is 2. The van der Waals surface area contributed by atoms with Crippen molar-refractivity contribution in [1.82, 2.24) is 9.55 Å². The normalized spacial score (nSPS) is 9.50. The Morgan fingerprint density at radius 3 is 2.85 bits per heavy atom. The number of carbonyl (C=O) groups excluding carboxylic acids is 1. The van der Waals surface area contributed by atoms with Crippen molar-refractivity contribution in [2.45, 2.75) is 13.0 Å². The molecule has 6 nitrogen and oxygen atoms in total. The lowest BCUT2D eigenvalue weighted by atomic mass is 10.2. The molecule has 0 aliphatic heterocycles. The van der Waals surface area contributed by atoms with E-state index in [1.54, 1.807) is 35.0 Å². The first kappa shape index (κ1) is 13.3. The lowest BCUT2D eigenvalue weighted by Crippen LogP contribution is -2.15. The van der Waals surface area contributed by atoms with E-state index in [4.69, 9.17) is 10.5 Å². The number of nitrogens with one attached hydrogen (secondary N) is 1. The van der Waals surface area contributed by atoms with Crippen molar-refractivity contribution in [3.8, 4) is 12.1 Å². The molecule has 0 atom stereocenters. The minimum atomic E-state index is -0.217. The fraction of sp³-hybridized carbons (Fsp3) is 0.143. The number of aryl methyl sites for hydroxylation is 1. The van der Waals surface area contributed by atoms with Crippen molar-refractivity contribution >= 4 is 11.6 Å². The molecule has 0 bridgehead atoms. The number of aromatic nitrogens is 2. The van der Waals surface area contributed by atoms with Crippen molar-refractivity contribution in [3.63, 3.8) is 0 Å². The molecule has 1 aromatic carbocycles. The molecule has 0 fully saturated rings. The maximum atomic E-state index is 11.8. The van der Waals surface area contributed by atoms with E-state index in [9.17, 15) is 4.79 Å². The highest BCUT2D eigenvalue weighted by Crippen LogP contribution is 2.13. The monoisotopic (exact) mass is 265 g/mol. The topological polar surface area (TPSA) is 94.5 Å². The van der Waals surface area contributed by atoms with Crippen molar-refractivity contribution in [3.05, 3.63) is 48.0 Å². The number of amides is 1. The summed E-state index contributed by atoms with van der Waals surface area (Å²) in [5, 5.41) is 20.4. The van der Waals surface area contributed by atoms with Crippen molar-refractivity contribution in [1.29, 1.82) is 10.5 Å². The van der Waals surface area contributed by atoms with Gasteiger partial charge in [0.05, 0.1) is 11.3 Å². The maximum Gasteiger partial charge on any atom is 0.226 e. The quantitative estimate of drug-likeness (QED) is 0.909. The molecule has 98 valence electrons. The van der Waals surface area contributed by atoms with Crippen LogP contribution in [0.4, 0.5) is 5.69 Å². The molecule has 0 saturated heterocycles. The summed E-state index contributed by atoms with van der Waals surface area (Å²) < 4.78 is 1.61. The molecule has 1 heterocycles. The van der Waals surface area contributed by atoms with Gasteiger partial charge in [-0.3, -0.25) is 4.79 Å². The maximum absolute atomic E-state index is 11.8. The second-order valence-corrected chi connectivity index (χ2v) is 4.01. The van der Waals surface area contributed by atoms with Crippen LogP contribution in [0.1, 0.15) is 17.8 Å². The Morgan fingerprint density at radius 2 is 2.10 bits per heavy atom. The number of anilines is 1. The predicted molar refractivity (Wildman–Crippen MR) is 71.3 cm³/mol. The van der Waals surface area contributed by atoms with Gasteiger partial charge in [-0.15, -0.1) is 0 Å². The fourth-order valence-electron chi connectivity index (χ4n) is 1.73. The lowest BCUT2D eigenvalue weighted by molar-refractivity contribution is -0.116. The Kier molecular flexibility index (Phi) is 4.10. The van der Waals surface area contributed by atoms with Crippen LogP contribution in [0.15, 0.2) is 36.7 Å². The van der Waals surface area contributed by atoms with E-state index in [1.807, 2.05) is 12.1 Å². The number of rotatable bonds is 4. The molecule has 20 heavy (non-hydrogen) atoms. The predicted octanol–water partition coefficient (Wildman–Crippen LogP) is 1.66. The Bertz CT molecular complexity index is 705. The van der Waals surface area contributed by atoms with Crippen LogP contribution in [-0.4, -0.2) is 15.5 Å². The summed E-state index contributed by atoms with van der Waals surface area (Å²) in [6.07, 6.45) is 3.36. The summed E-state index contributed by atoms with van der Waals surface area (Å²) in [4.78, 5) is 15.7. The Labute approximate surface area is 115 Å². The minimum absolute atomic E-state index is 0.199. The van der Waals surface area contributed by atoms with Gasteiger partial charge < -0.3 is 9.88 Å².